The monoisotopic (exact) mass is 370 g/mol. The van der Waals surface area contributed by atoms with Gasteiger partial charge in [0.2, 0.25) is 5.91 Å². The van der Waals surface area contributed by atoms with Gasteiger partial charge in [-0.25, -0.2) is 4.98 Å². The van der Waals surface area contributed by atoms with Gasteiger partial charge in [0.1, 0.15) is 5.01 Å². The number of nitrogens with zero attached hydrogens (tertiary/aromatic N) is 3. The molecule has 1 amide bonds. The highest BCUT2D eigenvalue weighted by Gasteiger charge is 2.40. The van der Waals surface area contributed by atoms with Crippen molar-refractivity contribution in [2.24, 2.45) is 0 Å². The van der Waals surface area contributed by atoms with Gasteiger partial charge in [-0.1, -0.05) is 30.3 Å². The SMILES string of the molecule is CN1CCN(Cc2nc(-c3ccccc3)cs2)C[C@@]12CCNC(=O)CC2. The van der Waals surface area contributed by atoms with Crippen LogP contribution < -0.4 is 5.32 Å². The van der Waals surface area contributed by atoms with Crippen LogP contribution in [0.15, 0.2) is 35.7 Å². The quantitative estimate of drug-likeness (QED) is 0.902. The highest BCUT2D eigenvalue weighted by molar-refractivity contribution is 7.09. The molecule has 1 aromatic heterocycles. The Hall–Kier alpha value is -1.76. The van der Waals surface area contributed by atoms with Gasteiger partial charge >= 0.3 is 0 Å². The Morgan fingerprint density at radius 1 is 1.23 bits per heavy atom. The molecule has 0 bridgehead atoms. The minimum Gasteiger partial charge on any atom is -0.356 e. The molecule has 1 N–H and O–H groups in total. The normalized spacial score (nSPS) is 25.2. The average molecular weight is 371 g/mol. The molecule has 2 aromatic rings. The van der Waals surface area contributed by atoms with Crippen molar-refractivity contribution >= 4 is 17.2 Å². The molecule has 6 heteroatoms. The number of hydrogen-bond donors (Lipinski definition) is 1. The number of piperazine rings is 1. The van der Waals surface area contributed by atoms with Gasteiger partial charge in [-0.3, -0.25) is 14.6 Å². The van der Waals surface area contributed by atoms with Crippen LogP contribution in [0.1, 0.15) is 24.3 Å². The Morgan fingerprint density at radius 2 is 2.08 bits per heavy atom. The molecule has 3 heterocycles. The van der Waals surface area contributed by atoms with Crippen LogP contribution in [0.4, 0.5) is 0 Å². The zero-order valence-electron chi connectivity index (χ0n) is 15.3. The zero-order valence-corrected chi connectivity index (χ0v) is 16.1. The van der Waals surface area contributed by atoms with Gasteiger partial charge in [0.15, 0.2) is 0 Å². The van der Waals surface area contributed by atoms with Crippen LogP contribution in [0, 0.1) is 0 Å². The zero-order chi connectivity index (χ0) is 18.0. The Kier molecular flexibility index (Phi) is 5.07. The van der Waals surface area contributed by atoms with Crippen LogP contribution in [-0.2, 0) is 11.3 Å². The minimum absolute atomic E-state index is 0.108. The summed E-state index contributed by atoms with van der Waals surface area (Å²) in [6.45, 7) is 4.80. The number of carbonyl (C=O) groups excluding carboxylic acids is 1. The maximum Gasteiger partial charge on any atom is 0.220 e. The summed E-state index contributed by atoms with van der Waals surface area (Å²) in [5, 5.41) is 6.36. The smallest absolute Gasteiger partial charge is 0.220 e. The van der Waals surface area contributed by atoms with E-state index in [1.807, 2.05) is 6.07 Å². The topological polar surface area (TPSA) is 48.5 Å². The van der Waals surface area contributed by atoms with Crippen LogP contribution in [0.2, 0.25) is 0 Å². The number of carbonyl (C=O) groups is 1. The summed E-state index contributed by atoms with van der Waals surface area (Å²) in [6.07, 6.45) is 2.60. The Labute approximate surface area is 159 Å². The van der Waals surface area contributed by atoms with E-state index in [0.29, 0.717) is 6.42 Å². The largest absolute Gasteiger partial charge is 0.356 e. The van der Waals surface area contributed by atoms with Crippen LogP contribution in [0.5, 0.6) is 0 Å². The third-order valence-electron chi connectivity index (χ3n) is 5.79. The van der Waals surface area contributed by atoms with Crippen molar-refractivity contribution in [3.63, 3.8) is 0 Å². The Balaban J connectivity index is 1.45. The summed E-state index contributed by atoms with van der Waals surface area (Å²) < 4.78 is 0. The molecule has 26 heavy (non-hydrogen) atoms. The van der Waals surface area contributed by atoms with Gasteiger partial charge in [-0.05, 0) is 19.9 Å². The van der Waals surface area contributed by atoms with E-state index < -0.39 is 0 Å². The number of likely N-dealkylation sites (N-methyl/N-ethyl adjacent to an activating group) is 1. The van der Waals surface area contributed by atoms with Crippen LogP contribution in [0.3, 0.4) is 0 Å². The van der Waals surface area contributed by atoms with Gasteiger partial charge < -0.3 is 5.32 Å². The van der Waals surface area contributed by atoms with E-state index in [1.54, 1.807) is 11.3 Å². The van der Waals surface area contributed by atoms with Crippen molar-refractivity contribution in [1.29, 1.82) is 0 Å². The van der Waals surface area contributed by atoms with Crippen LogP contribution in [-0.4, -0.2) is 59.5 Å². The summed E-state index contributed by atoms with van der Waals surface area (Å²) in [5.74, 6) is 0.194. The molecule has 5 nitrogen and oxygen atoms in total. The lowest BCUT2D eigenvalue weighted by atomic mass is 9.86. The van der Waals surface area contributed by atoms with E-state index in [4.69, 9.17) is 4.98 Å². The van der Waals surface area contributed by atoms with Crippen molar-refractivity contribution in [1.82, 2.24) is 20.1 Å². The molecule has 1 atom stereocenters. The summed E-state index contributed by atoms with van der Waals surface area (Å²) >= 11 is 1.75. The standard InChI is InChI=1S/C20H26N4OS/c1-23-11-12-24(15-20(23)8-7-18(25)21-10-9-20)13-19-22-17(14-26-19)16-5-3-2-4-6-16/h2-6,14H,7-13,15H2,1H3,(H,21,25)/t20-/m1/s1. The predicted octanol–water partition coefficient (Wildman–Crippen LogP) is 2.60. The summed E-state index contributed by atoms with van der Waals surface area (Å²) in [4.78, 5) is 21.6. The summed E-state index contributed by atoms with van der Waals surface area (Å²) in [5.41, 5.74) is 2.36. The Bertz CT molecular complexity index is 762. The van der Waals surface area contributed by atoms with E-state index >= 15 is 0 Å². The lowest BCUT2D eigenvalue weighted by Crippen LogP contribution is -2.60. The molecule has 0 radical (unpaired) electrons. The molecule has 2 aliphatic heterocycles. The molecular formula is C20H26N4OS. The summed E-state index contributed by atoms with van der Waals surface area (Å²) in [7, 11) is 2.21. The van der Waals surface area contributed by atoms with Crippen molar-refractivity contribution < 1.29 is 4.79 Å². The first-order valence-electron chi connectivity index (χ1n) is 9.35. The number of nitrogens with one attached hydrogen (secondary N) is 1. The fourth-order valence-corrected chi connectivity index (χ4v) is 4.97. The lowest BCUT2D eigenvalue weighted by Gasteiger charge is -2.49. The predicted molar refractivity (Wildman–Crippen MR) is 105 cm³/mol. The number of thiazole rings is 1. The number of aromatic nitrogens is 1. The van der Waals surface area contributed by atoms with E-state index in [2.05, 4.69) is 51.8 Å². The van der Waals surface area contributed by atoms with Gasteiger partial charge in [-0.15, -0.1) is 11.3 Å². The lowest BCUT2D eigenvalue weighted by molar-refractivity contribution is -0.121. The molecule has 2 fully saturated rings. The third-order valence-corrected chi connectivity index (χ3v) is 6.62. The number of amides is 1. The van der Waals surface area contributed by atoms with Crippen LogP contribution >= 0.6 is 11.3 Å². The summed E-state index contributed by atoms with van der Waals surface area (Å²) in [6, 6.07) is 10.4. The van der Waals surface area contributed by atoms with Crippen molar-refractivity contribution in [3.05, 3.63) is 40.7 Å². The second-order valence-corrected chi connectivity index (χ2v) is 8.39. The first kappa shape index (κ1) is 17.6. The van der Waals surface area contributed by atoms with Crippen molar-refractivity contribution in [3.8, 4) is 11.3 Å². The van der Waals surface area contributed by atoms with E-state index in [1.165, 1.54) is 10.6 Å². The highest BCUT2D eigenvalue weighted by atomic mass is 32.1. The highest BCUT2D eigenvalue weighted by Crippen LogP contribution is 2.31. The molecule has 2 aliphatic rings. The molecule has 1 spiro atoms. The number of rotatable bonds is 3. The second-order valence-electron chi connectivity index (χ2n) is 7.45. The first-order chi connectivity index (χ1) is 12.6. The van der Waals surface area contributed by atoms with Crippen molar-refractivity contribution in [2.45, 2.75) is 31.3 Å². The van der Waals surface area contributed by atoms with Gasteiger partial charge in [0.05, 0.1) is 12.2 Å². The fraction of sp³-hybridized carbons (Fsp3) is 0.500. The fourth-order valence-electron chi connectivity index (χ4n) is 4.13. The molecule has 1 aromatic carbocycles. The molecule has 0 unspecified atom stereocenters. The van der Waals surface area contributed by atoms with E-state index in [-0.39, 0.29) is 11.4 Å². The molecular weight excluding hydrogens is 344 g/mol. The number of hydrogen-bond acceptors (Lipinski definition) is 5. The third kappa shape index (κ3) is 3.68. The van der Waals surface area contributed by atoms with E-state index in [9.17, 15) is 4.79 Å². The molecule has 2 saturated heterocycles. The first-order valence-corrected chi connectivity index (χ1v) is 10.2. The molecule has 0 aliphatic carbocycles. The molecule has 4 rings (SSSR count). The number of benzene rings is 1. The van der Waals surface area contributed by atoms with Crippen molar-refractivity contribution in [2.75, 3.05) is 33.2 Å². The minimum atomic E-state index is 0.108. The second kappa shape index (κ2) is 7.47. The average Bonchev–Trinajstić information content (AvgIpc) is 3.04. The maximum absolute atomic E-state index is 11.8. The van der Waals surface area contributed by atoms with Gasteiger partial charge in [0, 0.05) is 49.1 Å². The maximum atomic E-state index is 11.8. The van der Waals surface area contributed by atoms with Crippen LogP contribution in [0.25, 0.3) is 11.3 Å². The Morgan fingerprint density at radius 3 is 2.92 bits per heavy atom. The van der Waals surface area contributed by atoms with Gasteiger partial charge in [0.25, 0.3) is 0 Å². The molecule has 0 saturated carbocycles. The van der Waals surface area contributed by atoms with Gasteiger partial charge in [-0.2, -0.15) is 0 Å². The molecule has 138 valence electrons. The van der Waals surface area contributed by atoms with E-state index in [0.717, 1.165) is 51.3 Å².